The van der Waals surface area contributed by atoms with E-state index in [1.165, 1.54) is 49.4 Å². The molecule has 2 aromatic heterocycles. The van der Waals surface area contributed by atoms with Gasteiger partial charge < -0.3 is 9.15 Å². The number of furan rings is 1. The van der Waals surface area contributed by atoms with E-state index >= 15 is 0 Å². The smallest absolute Gasteiger partial charge is 0.341 e. The first-order chi connectivity index (χ1) is 15.6. The summed E-state index contributed by atoms with van der Waals surface area (Å²) in [5.74, 6) is 1.02. The minimum Gasteiger partial charge on any atom is -0.468 e. The molecule has 1 aliphatic heterocycles. The highest BCUT2D eigenvalue weighted by molar-refractivity contribution is 7.98. The number of likely N-dealkylation sites (tertiary alicyclic amines) is 1. The van der Waals surface area contributed by atoms with E-state index in [1.54, 1.807) is 25.1 Å². The van der Waals surface area contributed by atoms with E-state index in [-0.39, 0.29) is 11.9 Å². The molecule has 32 heavy (non-hydrogen) atoms. The number of halogens is 1. The Hall–Kier alpha value is -2.65. The van der Waals surface area contributed by atoms with Crippen LogP contribution >= 0.6 is 11.8 Å². The van der Waals surface area contributed by atoms with Gasteiger partial charge in [0.05, 0.1) is 24.7 Å². The molecular formula is C23H27FN4O3S. The molecule has 9 heteroatoms. The number of piperidine rings is 1. The summed E-state index contributed by atoms with van der Waals surface area (Å²) >= 11 is 1.41. The van der Waals surface area contributed by atoms with Crippen molar-refractivity contribution in [3.05, 3.63) is 59.6 Å². The minimum atomic E-state index is -0.406. The van der Waals surface area contributed by atoms with Crippen molar-refractivity contribution >= 4 is 17.7 Å². The number of hydrogen-bond donors (Lipinski definition) is 0. The van der Waals surface area contributed by atoms with Gasteiger partial charge in [0, 0.05) is 5.69 Å². The molecule has 170 valence electrons. The summed E-state index contributed by atoms with van der Waals surface area (Å²) in [4.78, 5) is 14.6. The van der Waals surface area contributed by atoms with Crippen molar-refractivity contribution in [1.82, 2.24) is 19.7 Å². The molecule has 0 saturated carbocycles. The molecule has 1 fully saturated rings. The van der Waals surface area contributed by atoms with Crippen molar-refractivity contribution in [1.29, 1.82) is 0 Å². The Morgan fingerprint density at radius 2 is 1.94 bits per heavy atom. The Labute approximate surface area is 190 Å². The molecule has 0 bridgehead atoms. The number of esters is 1. The maximum absolute atomic E-state index is 13.6. The maximum Gasteiger partial charge on any atom is 0.341 e. The third kappa shape index (κ3) is 4.88. The van der Waals surface area contributed by atoms with E-state index in [0.29, 0.717) is 28.8 Å². The lowest BCUT2D eigenvalue weighted by molar-refractivity contribution is 0.0524. The summed E-state index contributed by atoms with van der Waals surface area (Å²) in [6.07, 6.45) is 5.08. The zero-order valence-corrected chi connectivity index (χ0v) is 19.1. The molecule has 3 aromatic rings. The zero-order chi connectivity index (χ0) is 22.5. The highest BCUT2D eigenvalue weighted by atomic mass is 32.2. The van der Waals surface area contributed by atoms with Crippen LogP contribution in [0.15, 0.2) is 46.2 Å². The molecule has 1 saturated heterocycles. The summed E-state index contributed by atoms with van der Waals surface area (Å²) in [6, 6.07) is 8.01. The fourth-order valence-electron chi connectivity index (χ4n) is 3.92. The Morgan fingerprint density at radius 1 is 1.19 bits per heavy atom. The third-order valence-electron chi connectivity index (χ3n) is 5.63. The Bertz CT molecular complexity index is 1040. The van der Waals surface area contributed by atoms with E-state index in [4.69, 9.17) is 9.15 Å². The Morgan fingerprint density at radius 3 is 2.66 bits per heavy atom. The molecule has 0 spiro atoms. The number of thioether (sulfide) groups is 1. The number of benzene rings is 1. The van der Waals surface area contributed by atoms with Crippen LogP contribution in [0.1, 0.15) is 61.1 Å². The summed E-state index contributed by atoms with van der Waals surface area (Å²) in [6.45, 7) is 6.25. The topological polar surface area (TPSA) is 73.4 Å². The van der Waals surface area contributed by atoms with Gasteiger partial charge in [0.2, 0.25) is 0 Å². The Kier molecular flexibility index (Phi) is 7.26. The lowest BCUT2D eigenvalue weighted by Gasteiger charge is -2.31. The normalized spacial score (nSPS) is 15.6. The van der Waals surface area contributed by atoms with Gasteiger partial charge in [-0.1, -0.05) is 18.2 Å². The van der Waals surface area contributed by atoms with Crippen LogP contribution in [-0.2, 0) is 10.5 Å². The van der Waals surface area contributed by atoms with Crippen LogP contribution in [0.25, 0.3) is 5.69 Å². The van der Waals surface area contributed by atoms with Crippen LogP contribution in [0.2, 0.25) is 0 Å². The molecule has 7 nitrogen and oxygen atoms in total. The SMILES string of the molecule is CCOC(=O)c1ccoc1CSc1nnc(C(C)N2CCCCC2)n1-c1ccc(F)cc1. The van der Waals surface area contributed by atoms with E-state index in [1.807, 2.05) is 4.57 Å². The fourth-order valence-corrected chi connectivity index (χ4v) is 4.83. The van der Waals surface area contributed by atoms with Crippen molar-refractivity contribution in [2.24, 2.45) is 0 Å². The number of carbonyl (C=O) groups excluding carboxylic acids is 1. The van der Waals surface area contributed by atoms with Crippen molar-refractivity contribution in [2.75, 3.05) is 19.7 Å². The summed E-state index contributed by atoms with van der Waals surface area (Å²) in [7, 11) is 0. The largest absolute Gasteiger partial charge is 0.468 e. The second-order valence-corrected chi connectivity index (χ2v) is 8.63. The molecule has 1 aromatic carbocycles. The van der Waals surface area contributed by atoms with Crippen molar-refractivity contribution < 1.29 is 18.3 Å². The number of ether oxygens (including phenoxy) is 1. The van der Waals surface area contributed by atoms with Crippen LogP contribution in [0.5, 0.6) is 0 Å². The zero-order valence-electron chi connectivity index (χ0n) is 18.3. The van der Waals surface area contributed by atoms with Crippen molar-refractivity contribution in [2.45, 2.75) is 50.1 Å². The summed E-state index contributed by atoms with van der Waals surface area (Å²) < 4.78 is 26.2. The predicted octanol–water partition coefficient (Wildman–Crippen LogP) is 5.02. The van der Waals surface area contributed by atoms with Gasteiger partial charge in [0.15, 0.2) is 11.0 Å². The monoisotopic (exact) mass is 458 g/mol. The quantitative estimate of drug-likeness (QED) is 0.347. The number of aromatic nitrogens is 3. The van der Waals surface area contributed by atoms with E-state index < -0.39 is 5.97 Å². The maximum atomic E-state index is 13.6. The standard InChI is InChI=1S/C23H27FN4O3S/c1-3-30-22(29)19-11-14-31-20(19)15-32-23-26-25-21(16(2)27-12-5-4-6-13-27)28(23)18-9-7-17(24)8-10-18/h7-11,14,16H,3-6,12-13,15H2,1-2H3. The van der Waals surface area contributed by atoms with Crippen LogP contribution < -0.4 is 0 Å². The van der Waals surface area contributed by atoms with Gasteiger partial charge in [0.25, 0.3) is 0 Å². The first-order valence-electron chi connectivity index (χ1n) is 10.9. The molecular weight excluding hydrogens is 431 g/mol. The lowest BCUT2D eigenvalue weighted by atomic mass is 10.1. The van der Waals surface area contributed by atoms with Crippen LogP contribution in [0, 0.1) is 5.82 Å². The number of rotatable bonds is 8. The fraction of sp³-hybridized carbons (Fsp3) is 0.435. The van der Waals surface area contributed by atoms with E-state index in [2.05, 4.69) is 22.0 Å². The molecule has 3 heterocycles. The number of hydrogen-bond acceptors (Lipinski definition) is 7. The van der Waals surface area contributed by atoms with Crippen LogP contribution in [-0.4, -0.2) is 45.3 Å². The second kappa shape index (κ2) is 10.3. The van der Waals surface area contributed by atoms with E-state index in [0.717, 1.165) is 24.6 Å². The molecule has 0 N–H and O–H groups in total. The minimum absolute atomic E-state index is 0.0703. The van der Waals surface area contributed by atoms with Gasteiger partial charge in [0.1, 0.15) is 17.1 Å². The molecule has 0 aliphatic carbocycles. The average Bonchev–Trinajstić information content (AvgIpc) is 3.45. The van der Waals surface area contributed by atoms with Crippen LogP contribution in [0.4, 0.5) is 4.39 Å². The number of nitrogens with zero attached hydrogens (tertiary/aromatic N) is 4. The van der Waals surface area contributed by atoms with Crippen molar-refractivity contribution in [3.63, 3.8) is 0 Å². The van der Waals surface area contributed by atoms with Crippen molar-refractivity contribution in [3.8, 4) is 5.69 Å². The van der Waals surface area contributed by atoms with E-state index in [9.17, 15) is 9.18 Å². The highest BCUT2D eigenvalue weighted by Crippen LogP contribution is 2.31. The third-order valence-corrected chi connectivity index (χ3v) is 6.56. The predicted molar refractivity (Wildman–Crippen MR) is 119 cm³/mol. The first kappa shape index (κ1) is 22.5. The van der Waals surface area contributed by atoms with Gasteiger partial charge >= 0.3 is 5.97 Å². The molecule has 0 radical (unpaired) electrons. The van der Waals surface area contributed by atoms with Gasteiger partial charge in [-0.05, 0) is 70.1 Å². The first-order valence-corrected chi connectivity index (χ1v) is 11.9. The molecule has 1 aliphatic rings. The van der Waals surface area contributed by atoms with Gasteiger partial charge in [-0.3, -0.25) is 9.47 Å². The van der Waals surface area contributed by atoms with Gasteiger partial charge in [-0.25, -0.2) is 9.18 Å². The average molecular weight is 459 g/mol. The molecule has 1 atom stereocenters. The second-order valence-electron chi connectivity index (χ2n) is 7.69. The molecule has 1 unspecified atom stereocenters. The van der Waals surface area contributed by atoms with Crippen LogP contribution in [0.3, 0.4) is 0 Å². The Balaban J connectivity index is 1.62. The number of carbonyl (C=O) groups is 1. The summed E-state index contributed by atoms with van der Waals surface area (Å²) in [5, 5.41) is 9.60. The van der Waals surface area contributed by atoms with Gasteiger partial charge in [-0.15, -0.1) is 10.2 Å². The molecule has 4 rings (SSSR count). The summed E-state index contributed by atoms with van der Waals surface area (Å²) in [5.41, 5.74) is 1.21. The van der Waals surface area contributed by atoms with Gasteiger partial charge in [-0.2, -0.15) is 0 Å². The highest BCUT2D eigenvalue weighted by Gasteiger charge is 2.26. The molecule has 0 amide bonds. The lowest BCUT2D eigenvalue weighted by Crippen LogP contribution is -2.33.